The molecule has 0 atom stereocenters. The summed E-state index contributed by atoms with van der Waals surface area (Å²) in [5.74, 6) is 0.954. The largest absolute Gasteiger partial charge is 0.496 e. The molecule has 0 aliphatic heterocycles. The number of nitrogens with one attached hydrogen (secondary N) is 1. The number of hydrogen-bond acceptors (Lipinski definition) is 3. The number of amides is 1. The second-order valence-corrected chi connectivity index (χ2v) is 5.33. The minimum atomic E-state index is 0.150. The van der Waals surface area contributed by atoms with E-state index in [1.165, 1.54) is 0 Å². The maximum atomic E-state index is 12.0. The maximum Gasteiger partial charge on any atom is 0.222 e. The normalized spacial score (nSPS) is 10.3. The number of carbonyl (C=O) groups excluding carboxylic acids is 1. The first kappa shape index (κ1) is 16.0. The summed E-state index contributed by atoms with van der Waals surface area (Å²) in [6, 6.07) is 5.81. The molecule has 0 heterocycles. The lowest BCUT2D eigenvalue weighted by Crippen LogP contribution is -2.27. The Balaban J connectivity index is 2.62. The Labute approximate surface area is 123 Å². The minimum absolute atomic E-state index is 0.150. The van der Waals surface area contributed by atoms with E-state index in [9.17, 15) is 4.79 Å². The fourth-order valence-electron chi connectivity index (χ4n) is 1.82. The van der Waals surface area contributed by atoms with Gasteiger partial charge in [0.2, 0.25) is 5.91 Å². The highest BCUT2D eigenvalue weighted by Crippen LogP contribution is 2.24. The summed E-state index contributed by atoms with van der Waals surface area (Å²) in [6.45, 7) is 1.42. The average molecular weight is 329 g/mol. The fraction of sp³-hybridized carbons (Fsp3) is 0.500. The van der Waals surface area contributed by atoms with E-state index in [2.05, 4.69) is 21.2 Å². The van der Waals surface area contributed by atoms with Gasteiger partial charge >= 0.3 is 0 Å². The Kier molecular flexibility index (Phi) is 6.87. The molecule has 0 radical (unpaired) electrons. The summed E-state index contributed by atoms with van der Waals surface area (Å²) >= 11 is 3.44. The second-order valence-electron chi connectivity index (χ2n) is 4.41. The van der Waals surface area contributed by atoms with Crippen LogP contribution in [0.2, 0.25) is 0 Å². The number of ether oxygens (including phenoxy) is 1. The van der Waals surface area contributed by atoms with Crippen molar-refractivity contribution < 1.29 is 9.53 Å². The first-order chi connectivity index (χ1) is 9.08. The van der Waals surface area contributed by atoms with E-state index in [0.717, 1.165) is 28.8 Å². The van der Waals surface area contributed by atoms with Crippen molar-refractivity contribution >= 4 is 21.8 Å². The fourth-order valence-corrected chi connectivity index (χ4v) is 2.23. The summed E-state index contributed by atoms with van der Waals surface area (Å²) in [7, 11) is 5.35. The van der Waals surface area contributed by atoms with Gasteiger partial charge in [-0.15, -0.1) is 0 Å². The summed E-state index contributed by atoms with van der Waals surface area (Å²) in [5, 5.41) is 3.04. The first-order valence-corrected chi connectivity index (χ1v) is 7.08. The predicted octanol–water partition coefficient (Wildman–Crippen LogP) is 2.42. The molecule has 0 saturated carbocycles. The molecular formula is C14H21BrN2O2. The minimum Gasteiger partial charge on any atom is -0.496 e. The smallest absolute Gasteiger partial charge is 0.222 e. The number of halogens is 1. The van der Waals surface area contributed by atoms with Crippen LogP contribution in [0.1, 0.15) is 18.4 Å². The third-order valence-corrected chi connectivity index (χ3v) is 3.39. The molecule has 0 fully saturated rings. The molecule has 106 valence electrons. The Morgan fingerprint density at radius 3 is 2.84 bits per heavy atom. The molecule has 0 aromatic heterocycles. The van der Waals surface area contributed by atoms with E-state index in [1.54, 1.807) is 12.0 Å². The molecule has 0 aliphatic carbocycles. The predicted molar refractivity (Wildman–Crippen MR) is 80.3 cm³/mol. The number of rotatable bonds is 7. The van der Waals surface area contributed by atoms with Gasteiger partial charge in [-0.2, -0.15) is 0 Å². The van der Waals surface area contributed by atoms with Crippen molar-refractivity contribution in [2.45, 2.75) is 19.4 Å². The van der Waals surface area contributed by atoms with Crippen LogP contribution < -0.4 is 10.1 Å². The summed E-state index contributed by atoms with van der Waals surface area (Å²) < 4.78 is 6.30. The standard InChI is InChI=1S/C14H21BrN2O2/c1-16-8-4-5-14(18)17(2)10-11-9-12(15)6-7-13(11)19-3/h6-7,9,16H,4-5,8,10H2,1-3H3. The summed E-state index contributed by atoms with van der Waals surface area (Å²) in [4.78, 5) is 13.7. The highest BCUT2D eigenvalue weighted by atomic mass is 79.9. The van der Waals surface area contributed by atoms with Crippen molar-refractivity contribution in [2.75, 3.05) is 27.7 Å². The van der Waals surface area contributed by atoms with Crippen LogP contribution >= 0.6 is 15.9 Å². The quantitative estimate of drug-likeness (QED) is 0.781. The zero-order valence-electron chi connectivity index (χ0n) is 11.7. The van der Waals surface area contributed by atoms with Gasteiger partial charge in [0.1, 0.15) is 5.75 Å². The molecule has 0 aliphatic rings. The number of benzene rings is 1. The van der Waals surface area contributed by atoms with E-state index in [-0.39, 0.29) is 5.91 Å². The van der Waals surface area contributed by atoms with Gasteiger partial charge in [0, 0.05) is 30.0 Å². The summed E-state index contributed by atoms with van der Waals surface area (Å²) in [6.07, 6.45) is 1.42. The van der Waals surface area contributed by atoms with E-state index >= 15 is 0 Å². The molecule has 1 aromatic carbocycles. The Morgan fingerprint density at radius 2 is 2.21 bits per heavy atom. The maximum absolute atomic E-state index is 12.0. The highest BCUT2D eigenvalue weighted by Gasteiger charge is 2.12. The van der Waals surface area contributed by atoms with Gasteiger partial charge in [-0.1, -0.05) is 15.9 Å². The third-order valence-electron chi connectivity index (χ3n) is 2.89. The SMILES string of the molecule is CNCCCC(=O)N(C)Cc1cc(Br)ccc1OC. The third kappa shape index (κ3) is 5.20. The van der Waals surface area contributed by atoms with Crippen molar-refractivity contribution in [2.24, 2.45) is 0 Å². The van der Waals surface area contributed by atoms with E-state index in [1.807, 2.05) is 32.3 Å². The van der Waals surface area contributed by atoms with Crippen LogP contribution in [0.4, 0.5) is 0 Å². The van der Waals surface area contributed by atoms with E-state index in [4.69, 9.17) is 4.74 Å². The molecule has 0 unspecified atom stereocenters. The zero-order valence-corrected chi connectivity index (χ0v) is 13.3. The molecule has 1 rings (SSSR count). The molecule has 1 aromatic rings. The van der Waals surface area contributed by atoms with Gasteiger partial charge in [0.25, 0.3) is 0 Å². The lowest BCUT2D eigenvalue weighted by molar-refractivity contribution is -0.130. The van der Waals surface area contributed by atoms with Crippen LogP contribution in [0, 0.1) is 0 Å². The van der Waals surface area contributed by atoms with Crippen molar-refractivity contribution in [1.29, 1.82) is 0 Å². The zero-order chi connectivity index (χ0) is 14.3. The van der Waals surface area contributed by atoms with Crippen LogP contribution in [0.5, 0.6) is 5.75 Å². The van der Waals surface area contributed by atoms with Gasteiger partial charge in [-0.3, -0.25) is 4.79 Å². The van der Waals surface area contributed by atoms with E-state index < -0.39 is 0 Å². The Bertz CT molecular complexity index is 424. The number of hydrogen-bond donors (Lipinski definition) is 1. The molecule has 1 N–H and O–H groups in total. The molecular weight excluding hydrogens is 308 g/mol. The van der Waals surface area contributed by atoms with Crippen LogP contribution in [0.3, 0.4) is 0 Å². The van der Waals surface area contributed by atoms with Crippen LogP contribution in [0.15, 0.2) is 22.7 Å². The van der Waals surface area contributed by atoms with Gasteiger partial charge in [-0.05, 0) is 38.2 Å². The topological polar surface area (TPSA) is 41.6 Å². The van der Waals surface area contributed by atoms with E-state index in [0.29, 0.717) is 13.0 Å². The van der Waals surface area contributed by atoms with Crippen LogP contribution in [-0.4, -0.2) is 38.6 Å². The number of methoxy groups -OCH3 is 1. The number of nitrogens with zero attached hydrogens (tertiary/aromatic N) is 1. The lowest BCUT2D eigenvalue weighted by atomic mass is 10.2. The Hall–Kier alpha value is -1.07. The molecule has 0 saturated heterocycles. The molecule has 1 amide bonds. The van der Waals surface area contributed by atoms with Crippen molar-refractivity contribution in [1.82, 2.24) is 10.2 Å². The molecule has 0 bridgehead atoms. The monoisotopic (exact) mass is 328 g/mol. The van der Waals surface area contributed by atoms with Gasteiger partial charge < -0.3 is 15.0 Å². The average Bonchev–Trinajstić information content (AvgIpc) is 2.39. The van der Waals surface area contributed by atoms with Crippen molar-refractivity contribution in [3.8, 4) is 5.75 Å². The van der Waals surface area contributed by atoms with Crippen LogP contribution in [-0.2, 0) is 11.3 Å². The molecule has 19 heavy (non-hydrogen) atoms. The molecule has 0 spiro atoms. The molecule has 5 heteroatoms. The van der Waals surface area contributed by atoms with Crippen molar-refractivity contribution in [3.05, 3.63) is 28.2 Å². The molecule has 4 nitrogen and oxygen atoms in total. The highest BCUT2D eigenvalue weighted by molar-refractivity contribution is 9.10. The van der Waals surface area contributed by atoms with Crippen molar-refractivity contribution in [3.63, 3.8) is 0 Å². The first-order valence-electron chi connectivity index (χ1n) is 6.29. The van der Waals surface area contributed by atoms with Gasteiger partial charge in [-0.25, -0.2) is 0 Å². The Morgan fingerprint density at radius 1 is 1.47 bits per heavy atom. The second kappa shape index (κ2) is 8.17. The van der Waals surface area contributed by atoms with Gasteiger partial charge in [0.15, 0.2) is 0 Å². The lowest BCUT2D eigenvalue weighted by Gasteiger charge is -2.19. The number of carbonyl (C=O) groups is 1. The van der Waals surface area contributed by atoms with Gasteiger partial charge in [0.05, 0.1) is 7.11 Å². The summed E-state index contributed by atoms with van der Waals surface area (Å²) in [5.41, 5.74) is 1.00. The van der Waals surface area contributed by atoms with Crippen LogP contribution in [0.25, 0.3) is 0 Å².